The zero-order valence-corrected chi connectivity index (χ0v) is 15.6. The van der Waals surface area contributed by atoms with E-state index >= 15 is 0 Å². The summed E-state index contributed by atoms with van der Waals surface area (Å²) in [5, 5.41) is 0.487. The van der Waals surface area contributed by atoms with E-state index in [1.807, 2.05) is 37.3 Å². The Kier molecular flexibility index (Phi) is 5.32. The van der Waals surface area contributed by atoms with Crippen molar-refractivity contribution in [3.8, 4) is 11.8 Å². The Labute approximate surface area is 158 Å². The lowest BCUT2D eigenvalue weighted by molar-refractivity contribution is 0.601. The van der Waals surface area contributed by atoms with E-state index in [0.29, 0.717) is 16.3 Å². The van der Waals surface area contributed by atoms with Gasteiger partial charge in [0.2, 0.25) is 0 Å². The number of aryl methyl sites for hydroxylation is 1. The molecule has 3 nitrogen and oxygen atoms in total. The molecule has 0 aliphatic rings. The second kappa shape index (κ2) is 7.65. The highest BCUT2D eigenvalue weighted by atomic mass is 35.5. The molecule has 0 aromatic heterocycles. The number of hydrogen-bond donors (Lipinski definition) is 1. The van der Waals surface area contributed by atoms with E-state index in [1.54, 1.807) is 42.5 Å². The molecule has 3 aromatic carbocycles. The SMILES string of the molecule is Cc1ccc(S(=O)(=O)Nc2ccc(Cl)cc2C#Cc2ccccc2)cc1. The van der Waals surface area contributed by atoms with Crippen LogP contribution in [0.4, 0.5) is 5.69 Å². The normalized spacial score (nSPS) is 10.7. The van der Waals surface area contributed by atoms with Crippen molar-refractivity contribution >= 4 is 27.3 Å². The molecule has 5 heteroatoms. The van der Waals surface area contributed by atoms with Crippen LogP contribution in [0.25, 0.3) is 0 Å². The van der Waals surface area contributed by atoms with Crippen LogP contribution < -0.4 is 4.72 Å². The molecule has 1 N–H and O–H groups in total. The van der Waals surface area contributed by atoms with Crippen molar-refractivity contribution in [2.45, 2.75) is 11.8 Å². The van der Waals surface area contributed by atoms with E-state index in [1.165, 1.54) is 0 Å². The number of benzene rings is 3. The summed E-state index contributed by atoms with van der Waals surface area (Å²) in [6, 6.07) is 21.0. The summed E-state index contributed by atoms with van der Waals surface area (Å²) in [6.45, 7) is 1.90. The summed E-state index contributed by atoms with van der Waals surface area (Å²) in [6.07, 6.45) is 0. The number of sulfonamides is 1. The van der Waals surface area contributed by atoms with Gasteiger partial charge in [0.25, 0.3) is 10.0 Å². The molecule has 0 amide bonds. The van der Waals surface area contributed by atoms with E-state index in [2.05, 4.69) is 16.6 Å². The van der Waals surface area contributed by atoms with Gasteiger partial charge in [0.1, 0.15) is 0 Å². The first-order valence-corrected chi connectivity index (χ1v) is 9.76. The first kappa shape index (κ1) is 18.1. The van der Waals surface area contributed by atoms with Crippen LogP contribution in [-0.2, 0) is 10.0 Å². The molecule has 0 radical (unpaired) electrons. The Morgan fingerprint density at radius 1 is 0.885 bits per heavy atom. The topological polar surface area (TPSA) is 46.2 Å². The predicted octanol–water partition coefficient (Wildman–Crippen LogP) is 4.85. The van der Waals surface area contributed by atoms with Crippen LogP contribution in [-0.4, -0.2) is 8.42 Å². The van der Waals surface area contributed by atoms with Crippen molar-refractivity contribution in [1.82, 2.24) is 0 Å². The fourth-order valence-corrected chi connectivity index (χ4v) is 3.54. The molecule has 0 atom stereocenters. The first-order chi connectivity index (χ1) is 12.4. The van der Waals surface area contributed by atoms with Gasteiger partial charge in [0.05, 0.1) is 16.1 Å². The van der Waals surface area contributed by atoms with Crippen molar-refractivity contribution in [1.29, 1.82) is 0 Å². The molecule has 0 aliphatic carbocycles. The van der Waals surface area contributed by atoms with Gasteiger partial charge in [0.15, 0.2) is 0 Å². The van der Waals surface area contributed by atoms with Crippen molar-refractivity contribution in [2.24, 2.45) is 0 Å². The average molecular weight is 382 g/mol. The van der Waals surface area contributed by atoms with Crippen LogP contribution in [0.2, 0.25) is 5.02 Å². The lowest BCUT2D eigenvalue weighted by Gasteiger charge is -2.10. The molecular weight excluding hydrogens is 366 g/mol. The minimum atomic E-state index is -3.71. The Balaban J connectivity index is 1.96. The van der Waals surface area contributed by atoms with Gasteiger partial charge in [-0.1, -0.05) is 59.3 Å². The van der Waals surface area contributed by atoms with Gasteiger partial charge < -0.3 is 0 Å². The molecular formula is C21H16ClNO2S. The van der Waals surface area contributed by atoms with Crippen LogP contribution in [0, 0.1) is 18.8 Å². The van der Waals surface area contributed by atoms with Gasteiger partial charge >= 0.3 is 0 Å². The van der Waals surface area contributed by atoms with Gasteiger partial charge in [0, 0.05) is 10.6 Å². The predicted molar refractivity (Wildman–Crippen MR) is 106 cm³/mol. The zero-order chi connectivity index (χ0) is 18.6. The minimum Gasteiger partial charge on any atom is -0.278 e. The van der Waals surface area contributed by atoms with Crippen molar-refractivity contribution in [3.63, 3.8) is 0 Å². The number of nitrogens with one attached hydrogen (secondary N) is 1. The van der Waals surface area contributed by atoms with E-state index in [9.17, 15) is 8.42 Å². The molecule has 130 valence electrons. The summed E-state index contributed by atoms with van der Waals surface area (Å²) in [5.41, 5.74) is 2.72. The van der Waals surface area contributed by atoms with Gasteiger partial charge in [-0.3, -0.25) is 4.72 Å². The van der Waals surface area contributed by atoms with Gasteiger partial charge in [-0.05, 0) is 49.4 Å². The fourth-order valence-electron chi connectivity index (χ4n) is 2.29. The van der Waals surface area contributed by atoms with Gasteiger partial charge in [-0.25, -0.2) is 8.42 Å². The smallest absolute Gasteiger partial charge is 0.261 e. The second-order valence-electron chi connectivity index (χ2n) is 5.72. The average Bonchev–Trinajstić information content (AvgIpc) is 2.63. The molecule has 3 aromatic rings. The van der Waals surface area contributed by atoms with E-state index < -0.39 is 10.0 Å². The summed E-state index contributed by atoms with van der Waals surface area (Å²) in [5.74, 6) is 6.01. The molecule has 0 unspecified atom stereocenters. The Hall–Kier alpha value is -2.74. The molecule has 0 saturated heterocycles. The van der Waals surface area contributed by atoms with Crippen LogP contribution in [0.5, 0.6) is 0 Å². The highest BCUT2D eigenvalue weighted by Crippen LogP contribution is 2.23. The van der Waals surface area contributed by atoms with Crippen LogP contribution >= 0.6 is 11.6 Å². The highest BCUT2D eigenvalue weighted by molar-refractivity contribution is 7.92. The van der Waals surface area contributed by atoms with E-state index in [4.69, 9.17) is 11.6 Å². The molecule has 0 fully saturated rings. The van der Waals surface area contributed by atoms with Crippen LogP contribution in [0.1, 0.15) is 16.7 Å². The number of halogens is 1. The fraction of sp³-hybridized carbons (Fsp3) is 0.0476. The third kappa shape index (κ3) is 4.45. The first-order valence-electron chi connectivity index (χ1n) is 7.90. The van der Waals surface area contributed by atoms with Crippen molar-refractivity contribution < 1.29 is 8.42 Å². The molecule has 3 rings (SSSR count). The second-order valence-corrected chi connectivity index (χ2v) is 7.84. The van der Waals surface area contributed by atoms with Crippen LogP contribution in [0.15, 0.2) is 77.7 Å². The number of rotatable bonds is 3. The number of hydrogen-bond acceptors (Lipinski definition) is 2. The van der Waals surface area contributed by atoms with Gasteiger partial charge in [-0.15, -0.1) is 0 Å². The lowest BCUT2D eigenvalue weighted by Crippen LogP contribution is -2.13. The van der Waals surface area contributed by atoms with Gasteiger partial charge in [-0.2, -0.15) is 0 Å². The zero-order valence-electron chi connectivity index (χ0n) is 14.0. The summed E-state index contributed by atoms with van der Waals surface area (Å²) in [4.78, 5) is 0.194. The standard InChI is InChI=1S/C21H16ClNO2S/c1-16-7-12-20(13-8-16)26(24,25)23-21-14-11-19(22)15-18(21)10-9-17-5-3-2-4-6-17/h2-8,11-15,23H,1H3. The Morgan fingerprint density at radius 2 is 1.58 bits per heavy atom. The summed E-state index contributed by atoms with van der Waals surface area (Å²) in [7, 11) is -3.71. The monoisotopic (exact) mass is 381 g/mol. The largest absolute Gasteiger partial charge is 0.278 e. The summed E-state index contributed by atoms with van der Waals surface area (Å²) < 4.78 is 27.9. The molecule has 0 spiro atoms. The highest BCUT2D eigenvalue weighted by Gasteiger charge is 2.15. The Morgan fingerprint density at radius 3 is 2.27 bits per heavy atom. The maximum Gasteiger partial charge on any atom is 0.261 e. The number of anilines is 1. The maximum atomic E-state index is 12.6. The minimum absolute atomic E-state index is 0.194. The molecule has 0 aliphatic heterocycles. The Bertz CT molecular complexity index is 1080. The molecule has 0 saturated carbocycles. The van der Waals surface area contributed by atoms with Crippen LogP contribution in [0.3, 0.4) is 0 Å². The third-order valence-electron chi connectivity index (χ3n) is 3.67. The lowest BCUT2D eigenvalue weighted by atomic mass is 10.1. The van der Waals surface area contributed by atoms with Crippen molar-refractivity contribution in [3.05, 3.63) is 94.5 Å². The molecule has 26 heavy (non-hydrogen) atoms. The quantitative estimate of drug-likeness (QED) is 0.659. The molecule has 0 heterocycles. The molecule has 0 bridgehead atoms. The third-order valence-corrected chi connectivity index (χ3v) is 5.29. The van der Waals surface area contributed by atoms with Crippen molar-refractivity contribution in [2.75, 3.05) is 4.72 Å². The maximum absolute atomic E-state index is 12.6. The van der Waals surface area contributed by atoms with E-state index in [0.717, 1.165) is 11.1 Å². The van der Waals surface area contributed by atoms with E-state index in [-0.39, 0.29) is 4.90 Å². The summed E-state index contributed by atoms with van der Waals surface area (Å²) >= 11 is 6.06.